The van der Waals surface area contributed by atoms with Gasteiger partial charge >= 0.3 is 5.97 Å². The van der Waals surface area contributed by atoms with E-state index in [4.69, 9.17) is 13.9 Å². The number of carbonyl (C=O) groups excluding carboxylic acids is 1. The minimum absolute atomic E-state index is 0.106. The van der Waals surface area contributed by atoms with Crippen LogP contribution in [0.25, 0.3) is 11.1 Å². The first-order chi connectivity index (χ1) is 19.3. The van der Waals surface area contributed by atoms with Crippen LogP contribution in [0.2, 0.25) is 19.6 Å². The third-order valence-electron chi connectivity index (χ3n) is 8.25. The van der Waals surface area contributed by atoms with Crippen molar-refractivity contribution in [3.8, 4) is 16.9 Å². The molecule has 4 rings (SSSR count). The maximum absolute atomic E-state index is 11.4. The first kappa shape index (κ1) is 30.8. The zero-order chi connectivity index (χ0) is 30.0. The summed E-state index contributed by atoms with van der Waals surface area (Å²) in [6.45, 7) is 20.2. The van der Waals surface area contributed by atoms with Gasteiger partial charge in [0.2, 0.25) is 0 Å². The van der Waals surface area contributed by atoms with E-state index in [-0.39, 0.29) is 23.6 Å². The molecule has 0 spiro atoms. The largest absolute Gasteiger partial charge is 0.485 e. The number of hydrogen-bond donors (Lipinski definition) is 0. The number of esters is 1. The maximum atomic E-state index is 11.4. The van der Waals surface area contributed by atoms with E-state index in [1.165, 1.54) is 33.4 Å². The molecule has 0 fully saturated rings. The Morgan fingerprint density at radius 2 is 1.51 bits per heavy atom. The molecule has 0 atom stereocenters. The summed E-state index contributed by atoms with van der Waals surface area (Å²) in [7, 11) is -1.70. The summed E-state index contributed by atoms with van der Waals surface area (Å²) >= 11 is 0. The Morgan fingerprint density at radius 3 is 2.07 bits per heavy atom. The zero-order valence-corrected chi connectivity index (χ0v) is 27.3. The molecule has 41 heavy (non-hydrogen) atoms. The Morgan fingerprint density at radius 1 is 0.854 bits per heavy atom. The van der Waals surface area contributed by atoms with E-state index in [0.717, 1.165) is 24.2 Å². The van der Waals surface area contributed by atoms with Crippen LogP contribution in [0.5, 0.6) is 5.75 Å². The standard InChI is InChI=1S/C36H46O4Si/c1-10-36(11-2,30-16-19-33(26(4)22-30)38-24-31-17-20-34(37)39-31)29-15-18-32(25(3)21-29)27-13-12-14-28(23-27)35(5,6)40-41(7,8)9/h12-19,21-23H,10-11,20,24H2,1-9H3. The average Bonchev–Trinajstić information content (AvgIpc) is 3.33. The number of rotatable bonds is 11. The van der Waals surface area contributed by atoms with Crippen molar-refractivity contribution in [1.29, 1.82) is 0 Å². The van der Waals surface area contributed by atoms with E-state index < -0.39 is 8.32 Å². The second-order valence-electron chi connectivity index (χ2n) is 12.7. The second-order valence-corrected chi connectivity index (χ2v) is 17.2. The molecule has 1 heterocycles. The van der Waals surface area contributed by atoms with Gasteiger partial charge in [-0.05, 0) is 117 Å². The lowest BCUT2D eigenvalue weighted by Gasteiger charge is -2.35. The molecule has 0 aromatic heterocycles. The Balaban J connectivity index is 1.62. The number of aryl methyl sites for hydroxylation is 2. The third-order valence-corrected chi connectivity index (χ3v) is 9.38. The highest BCUT2D eigenvalue weighted by molar-refractivity contribution is 6.69. The van der Waals surface area contributed by atoms with Crippen LogP contribution in [0.1, 0.15) is 74.8 Å². The summed E-state index contributed by atoms with van der Waals surface area (Å²) in [5.41, 5.74) is 8.21. The van der Waals surface area contributed by atoms with Gasteiger partial charge in [0.05, 0.1) is 12.0 Å². The van der Waals surface area contributed by atoms with Crippen LogP contribution >= 0.6 is 0 Å². The molecule has 0 N–H and O–H groups in total. The van der Waals surface area contributed by atoms with Gasteiger partial charge in [-0.15, -0.1) is 0 Å². The predicted octanol–water partition coefficient (Wildman–Crippen LogP) is 9.37. The average molecular weight is 571 g/mol. The fourth-order valence-corrected chi connectivity index (χ4v) is 7.83. The quantitative estimate of drug-likeness (QED) is 0.170. The molecule has 0 unspecified atom stereocenters. The van der Waals surface area contributed by atoms with Gasteiger partial charge in [-0.1, -0.05) is 62.4 Å². The maximum Gasteiger partial charge on any atom is 0.314 e. The summed E-state index contributed by atoms with van der Waals surface area (Å²) in [5, 5.41) is 0. The third kappa shape index (κ3) is 6.85. The van der Waals surface area contributed by atoms with Crippen molar-refractivity contribution in [3.63, 3.8) is 0 Å². The van der Waals surface area contributed by atoms with Crippen LogP contribution < -0.4 is 4.74 Å². The number of ether oxygens (including phenoxy) is 2. The van der Waals surface area contributed by atoms with Gasteiger partial charge < -0.3 is 13.9 Å². The number of benzene rings is 3. The number of hydrogen-bond acceptors (Lipinski definition) is 4. The van der Waals surface area contributed by atoms with Crippen LogP contribution in [0, 0.1) is 13.8 Å². The molecular weight excluding hydrogens is 524 g/mol. The van der Waals surface area contributed by atoms with Crippen LogP contribution in [-0.4, -0.2) is 20.9 Å². The van der Waals surface area contributed by atoms with E-state index in [1.807, 2.05) is 0 Å². The van der Waals surface area contributed by atoms with Gasteiger partial charge in [0.1, 0.15) is 18.1 Å². The second kappa shape index (κ2) is 12.0. The summed E-state index contributed by atoms with van der Waals surface area (Å²) in [5.74, 6) is 1.18. The van der Waals surface area contributed by atoms with Crippen molar-refractivity contribution < 1.29 is 18.7 Å². The van der Waals surface area contributed by atoms with Crippen molar-refractivity contribution in [2.75, 3.05) is 6.61 Å². The lowest BCUT2D eigenvalue weighted by Crippen LogP contribution is -2.36. The molecule has 218 valence electrons. The molecular formula is C36H46O4Si. The minimum atomic E-state index is -1.70. The van der Waals surface area contributed by atoms with E-state index in [2.05, 4.69) is 122 Å². The molecule has 5 heteroatoms. The van der Waals surface area contributed by atoms with Crippen molar-refractivity contribution in [3.05, 3.63) is 100 Å². The predicted molar refractivity (Wildman–Crippen MR) is 171 cm³/mol. The topological polar surface area (TPSA) is 44.8 Å². The van der Waals surface area contributed by atoms with Crippen molar-refractivity contribution in [2.24, 2.45) is 0 Å². The van der Waals surface area contributed by atoms with Gasteiger partial charge in [0, 0.05) is 5.41 Å². The van der Waals surface area contributed by atoms with Crippen LogP contribution in [0.15, 0.2) is 72.5 Å². The smallest absolute Gasteiger partial charge is 0.314 e. The van der Waals surface area contributed by atoms with Crippen LogP contribution in [-0.2, 0) is 25.0 Å². The molecule has 4 nitrogen and oxygen atoms in total. The summed E-state index contributed by atoms with van der Waals surface area (Å²) in [4.78, 5) is 11.4. The van der Waals surface area contributed by atoms with E-state index in [1.54, 1.807) is 6.08 Å². The SMILES string of the molecule is CCC(CC)(c1ccc(OCC2=CCC(=O)O2)c(C)c1)c1ccc(-c2cccc(C(C)(C)O[Si](C)(C)C)c2)c(C)c1. The lowest BCUT2D eigenvalue weighted by atomic mass is 9.69. The molecule has 1 aliphatic heterocycles. The first-order valence-electron chi connectivity index (χ1n) is 14.8. The van der Waals surface area contributed by atoms with E-state index in [9.17, 15) is 4.79 Å². The first-order valence-corrected chi connectivity index (χ1v) is 18.2. The minimum Gasteiger partial charge on any atom is -0.485 e. The monoisotopic (exact) mass is 570 g/mol. The molecule has 3 aromatic rings. The van der Waals surface area contributed by atoms with E-state index >= 15 is 0 Å². The highest BCUT2D eigenvalue weighted by Gasteiger charge is 2.32. The molecule has 0 radical (unpaired) electrons. The summed E-state index contributed by atoms with van der Waals surface area (Å²) in [6, 6.07) is 22.3. The molecule has 1 aliphatic rings. The molecule has 0 bridgehead atoms. The van der Waals surface area contributed by atoms with E-state index in [0.29, 0.717) is 12.2 Å². The normalized spacial score (nSPS) is 14.2. The van der Waals surface area contributed by atoms with Gasteiger partial charge in [-0.25, -0.2) is 0 Å². The van der Waals surface area contributed by atoms with Crippen molar-refractivity contribution in [2.45, 2.75) is 91.5 Å². The Bertz CT molecular complexity index is 1440. The van der Waals surface area contributed by atoms with Crippen LogP contribution in [0.4, 0.5) is 0 Å². The number of carbonyl (C=O) groups is 1. The Hall–Kier alpha value is -3.15. The highest BCUT2D eigenvalue weighted by atomic mass is 28.4. The fourth-order valence-electron chi connectivity index (χ4n) is 6.18. The Labute approximate surface area is 247 Å². The fraction of sp³-hybridized carbons (Fsp3) is 0.417. The summed E-state index contributed by atoms with van der Waals surface area (Å²) < 4.78 is 17.7. The summed E-state index contributed by atoms with van der Waals surface area (Å²) in [6.07, 6.45) is 4.08. The molecule has 0 amide bonds. The van der Waals surface area contributed by atoms with Crippen molar-refractivity contribution >= 4 is 14.3 Å². The number of cyclic esters (lactones) is 1. The molecule has 0 aliphatic carbocycles. The molecule has 0 saturated carbocycles. The molecule has 3 aromatic carbocycles. The molecule has 0 saturated heterocycles. The van der Waals surface area contributed by atoms with Gasteiger partial charge in [0.15, 0.2) is 8.32 Å². The van der Waals surface area contributed by atoms with Crippen LogP contribution in [0.3, 0.4) is 0 Å². The zero-order valence-electron chi connectivity index (χ0n) is 26.3. The highest BCUT2D eigenvalue weighted by Crippen LogP contribution is 2.42. The van der Waals surface area contributed by atoms with Gasteiger partial charge in [0.25, 0.3) is 0 Å². The lowest BCUT2D eigenvalue weighted by molar-refractivity contribution is -0.136. The van der Waals surface area contributed by atoms with Gasteiger partial charge in [-0.2, -0.15) is 0 Å². The van der Waals surface area contributed by atoms with Gasteiger partial charge in [-0.3, -0.25) is 4.79 Å². The Kier molecular flexibility index (Phi) is 9.00. The van der Waals surface area contributed by atoms with Crippen molar-refractivity contribution in [1.82, 2.24) is 0 Å².